The van der Waals surface area contributed by atoms with Crippen LogP contribution in [-0.2, 0) is 8.85 Å². The fourth-order valence-electron chi connectivity index (χ4n) is 5.60. The van der Waals surface area contributed by atoms with Crippen molar-refractivity contribution in [2.24, 2.45) is 0 Å². The molecule has 1 N–H and O–H groups in total. The van der Waals surface area contributed by atoms with Crippen molar-refractivity contribution < 1.29 is 8.85 Å². The zero-order valence-corrected chi connectivity index (χ0v) is 28.7. The van der Waals surface area contributed by atoms with E-state index in [4.69, 9.17) is 8.85 Å². The first-order valence-electron chi connectivity index (χ1n) is 12.0. The molecule has 0 bridgehead atoms. The predicted molar refractivity (Wildman–Crippen MR) is 148 cm³/mol. The molecular formula is C19H52N2O2Si6. The van der Waals surface area contributed by atoms with Crippen LogP contribution < -0.4 is 4.98 Å². The zero-order valence-electron chi connectivity index (χ0n) is 21.6. The van der Waals surface area contributed by atoms with E-state index in [2.05, 4.69) is 84.2 Å². The maximum Gasteiger partial charge on any atom is 0.229 e. The summed E-state index contributed by atoms with van der Waals surface area (Å²) in [6, 6.07) is 2.76. The van der Waals surface area contributed by atoms with Gasteiger partial charge in [0.15, 0.2) is 0 Å². The lowest BCUT2D eigenvalue weighted by atomic mass is 10.2. The second-order valence-corrected chi connectivity index (χ2v) is 51.2. The summed E-state index contributed by atoms with van der Waals surface area (Å²) in [6.45, 7) is 29.8. The predicted octanol–water partition coefficient (Wildman–Crippen LogP) is 2.11. The smallest absolute Gasteiger partial charge is 0.229 e. The van der Waals surface area contributed by atoms with E-state index in [0.29, 0.717) is 0 Å². The number of rotatable bonds is 6. The van der Waals surface area contributed by atoms with E-state index in [9.17, 15) is 0 Å². The molecule has 0 aromatic carbocycles. The molecule has 2 heterocycles. The summed E-state index contributed by atoms with van der Waals surface area (Å²) in [5, 5.41) is 0. The molecule has 0 spiro atoms. The molecule has 0 saturated carbocycles. The maximum atomic E-state index is 6.41. The van der Waals surface area contributed by atoms with Gasteiger partial charge in [0.1, 0.15) is 0 Å². The molecule has 29 heavy (non-hydrogen) atoms. The number of nitrogens with one attached hydrogen (secondary N) is 1. The minimum atomic E-state index is -0.957. The first-order valence-corrected chi connectivity index (χ1v) is 31.6. The Balaban J connectivity index is 0.000000291. The lowest BCUT2D eigenvalue weighted by Gasteiger charge is -2.46. The van der Waals surface area contributed by atoms with E-state index in [0.717, 1.165) is 0 Å². The van der Waals surface area contributed by atoms with E-state index in [1.807, 2.05) is 0 Å². The highest BCUT2D eigenvalue weighted by Gasteiger charge is 2.43. The largest absolute Gasteiger partial charge is 0.405 e. The zero-order chi connectivity index (χ0) is 22.5. The van der Waals surface area contributed by atoms with Gasteiger partial charge in [0.05, 0.1) is 17.1 Å². The van der Waals surface area contributed by atoms with Gasteiger partial charge in [-0.2, -0.15) is 0 Å². The Morgan fingerprint density at radius 3 is 1.76 bits per heavy atom. The first kappa shape index (κ1) is 28.2. The fourth-order valence-corrected chi connectivity index (χ4v) is 59.0. The van der Waals surface area contributed by atoms with E-state index in [1.54, 1.807) is 0 Å². The molecule has 10 heteroatoms. The normalized spacial score (nSPS) is 31.4. The Bertz CT molecular complexity index is 469. The summed E-state index contributed by atoms with van der Waals surface area (Å²) < 4.78 is 15.3. The van der Waals surface area contributed by atoms with Crippen LogP contribution in [0.2, 0.25) is 38.3 Å². The highest BCUT2D eigenvalue weighted by Crippen LogP contribution is 2.30. The summed E-state index contributed by atoms with van der Waals surface area (Å²) in [7, 11) is -3.38. The average molecular weight is 509 g/mol. The molecule has 4 nitrogen and oxygen atoms in total. The van der Waals surface area contributed by atoms with Crippen molar-refractivity contribution in [2.75, 3.05) is 19.6 Å². The lowest BCUT2D eigenvalue weighted by molar-refractivity contribution is 0.112. The summed E-state index contributed by atoms with van der Waals surface area (Å²) in [5.41, 5.74) is 0.360. The molecule has 0 aromatic heterocycles. The third kappa shape index (κ3) is 10.5. The molecule has 0 radical (unpaired) electrons. The molecule has 0 aromatic rings. The van der Waals surface area contributed by atoms with Crippen molar-refractivity contribution in [1.82, 2.24) is 9.55 Å². The van der Waals surface area contributed by atoms with Crippen molar-refractivity contribution in [2.45, 2.75) is 104 Å². The molecule has 0 aliphatic carbocycles. The Morgan fingerprint density at radius 1 is 0.862 bits per heavy atom. The van der Waals surface area contributed by atoms with E-state index in [-0.39, 0.29) is 28.3 Å². The first-order chi connectivity index (χ1) is 13.1. The van der Waals surface area contributed by atoms with Crippen molar-refractivity contribution in [3.63, 3.8) is 0 Å². The lowest BCUT2D eigenvalue weighted by Crippen LogP contribution is -2.64. The molecule has 0 amide bonds. The average Bonchev–Trinajstić information content (AvgIpc) is 2.49. The third-order valence-corrected chi connectivity index (χ3v) is 56.8. The van der Waals surface area contributed by atoms with Crippen molar-refractivity contribution in [3.8, 4) is 0 Å². The second kappa shape index (κ2) is 11.3. The molecule has 2 atom stereocenters. The van der Waals surface area contributed by atoms with Crippen LogP contribution in [0.5, 0.6) is 0 Å². The summed E-state index contributed by atoms with van der Waals surface area (Å²) in [4.78, 5) is 3.70. The van der Waals surface area contributed by atoms with Gasteiger partial charge in [-0.1, -0.05) is 47.0 Å². The van der Waals surface area contributed by atoms with E-state index >= 15 is 0 Å². The van der Waals surface area contributed by atoms with Gasteiger partial charge in [0.25, 0.3) is 0 Å². The molecule has 2 rings (SSSR count). The Morgan fingerprint density at radius 2 is 1.34 bits per heavy atom. The van der Waals surface area contributed by atoms with Gasteiger partial charge in [-0.25, -0.2) is 0 Å². The molecule has 2 unspecified atom stereocenters. The quantitative estimate of drug-likeness (QED) is 0.557. The van der Waals surface area contributed by atoms with E-state index < -0.39 is 32.6 Å². The minimum Gasteiger partial charge on any atom is -0.405 e. The van der Waals surface area contributed by atoms with Gasteiger partial charge in [0.2, 0.25) is 17.4 Å². The Hall–Kier alpha value is 1.14. The second-order valence-electron chi connectivity index (χ2n) is 12.0. The van der Waals surface area contributed by atoms with Crippen LogP contribution in [0.25, 0.3) is 0 Å². The van der Waals surface area contributed by atoms with Gasteiger partial charge in [-0.05, 0) is 65.8 Å². The summed E-state index contributed by atoms with van der Waals surface area (Å²) in [6.07, 6.45) is 1.24. The number of nitrogens with zero attached hydrogens (tertiary/aromatic N) is 1. The summed E-state index contributed by atoms with van der Waals surface area (Å²) in [5.74, 6) is 0. The Kier molecular flexibility index (Phi) is 11.0. The number of hydrogen-bond donors (Lipinski definition) is 1. The van der Waals surface area contributed by atoms with Crippen LogP contribution in [0, 0.1) is 0 Å². The minimum absolute atomic E-state index is 0.0936. The van der Waals surface area contributed by atoms with Gasteiger partial charge < -0.3 is 18.4 Å². The van der Waals surface area contributed by atoms with Crippen molar-refractivity contribution in [3.05, 3.63) is 0 Å². The third-order valence-electron chi connectivity index (χ3n) is 6.03. The molecule has 2 saturated heterocycles. The van der Waals surface area contributed by atoms with Crippen LogP contribution in [-0.4, -0.2) is 85.1 Å². The molecule has 2 aliphatic rings. The van der Waals surface area contributed by atoms with Crippen molar-refractivity contribution >= 4 is 49.7 Å². The highest BCUT2D eigenvalue weighted by molar-refractivity contribution is 7.46. The van der Waals surface area contributed by atoms with Gasteiger partial charge in [-0.15, -0.1) is 0 Å². The SMILES string of the molecule is CCCN[SiH]1OC(C)(C)C[Si](C)(C)[SiH2]1.CCN(CC)[SiH]1OC(C)(C)C[Si](C)(C)[SiH2]1. The van der Waals surface area contributed by atoms with E-state index in [1.165, 1.54) is 38.1 Å². The topological polar surface area (TPSA) is 33.7 Å². The Labute approximate surface area is 191 Å². The van der Waals surface area contributed by atoms with Crippen LogP contribution in [0.15, 0.2) is 0 Å². The molecule has 2 aliphatic heterocycles. The molecule has 174 valence electrons. The van der Waals surface area contributed by atoms with Gasteiger partial charge in [-0.3, -0.25) is 0 Å². The van der Waals surface area contributed by atoms with Gasteiger partial charge >= 0.3 is 0 Å². The molecule has 2 fully saturated rings. The maximum absolute atomic E-state index is 6.41. The molecular weight excluding hydrogens is 457 g/mol. The monoisotopic (exact) mass is 508 g/mol. The van der Waals surface area contributed by atoms with Crippen molar-refractivity contribution in [1.29, 1.82) is 0 Å². The van der Waals surface area contributed by atoms with Crippen LogP contribution >= 0.6 is 0 Å². The fraction of sp³-hybridized carbons (Fsp3) is 1.00. The van der Waals surface area contributed by atoms with Gasteiger partial charge in [0, 0.05) is 26.4 Å². The summed E-state index contributed by atoms with van der Waals surface area (Å²) >= 11 is 0. The standard InChI is InChI=1S/C10H27NOSi3.C9H25NOSi3/c1-7-11(8-2)14-12-10(3,4)9-15(5,6)13-14;1-6-7-10-13-11-9(2,3)8-14(4,5)12-13/h14H,7-9,13H2,1-6H3;10,13H,6-8,12H2,1-5H3. The van der Waals surface area contributed by atoms with Crippen LogP contribution in [0.1, 0.15) is 54.9 Å². The highest BCUT2D eigenvalue weighted by atomic mass is 29.6. The van der Waals surface area contributed by atoms with Crippen LogP contribution in [0.4, 0.5) is 0 Å². The van der Waals surface area contributed by atoms with Crippen LogP contribution in [0.3, 0.4) is 0 Å². The number of hydrogen-bond acceptors (Lipinski definition) is 4.